The average Bonchev–Trinajstić information content (AvgIpc) is 2.38. The Morgan fingerprint density at radius 2 is 2.15 bits per heavy atom. The van der Waals surface area contributed by atoms with E-state index in [4.69, 9.17) is 16.7 Å². The van der Waals surface area contributed by atoms with Crippen LogP contribution in [0.4, 0.5) is 10.1 Å². The summed E-state index contributed by atoms with van der Waals surface area (Å²) in [5, 5.41) is 14.0. The molecule has 0 aliphatic heterocycles. The molecule has 5 nitrogen and oxygen atoms in total. The van der Waals surface area contributed by atoms with Crippen molar-refractivity contribution in [2.75, 3.05) is 11.9 Å². The predicted octanol–water partition coefficient (Wildman–Crippen LogP) is 2.26. The molecule has 7 heteroatoms. The normalized spacial score (nSPS) is 11.9. The molecule has 0 heterocycles. The number of carbonyl (C=O) groups is 2. The van der Waals surface area contributed by atoms with Gasteiger partial charge in [0, 0.05) is 5.69 Å². The zero-order chi connectivity index (χ0) is 15.1. The molecule has 0 radical (unpaired) electrons. The molecule has 0 saturated carbocycles. The third-order valence-corrected chi connectivity index (χ3v) is 2.88. The summed E-state index contributed by atoms with van der Waals surface area (Å²) in [5.74, 6) is -1.99. The number of hydrogen-bond donors (Lipinski definition) is 3. The standard InChI is InChI=1S/C13H16ClFN2O3/c1-2-3-11(13(19)20)16-7-12(18)17-8-4-5-10(15)9(14)6-8/h4-6,11,16H,2-3,7H2,1H3,(H,17,18)(H,19,20). The van der Waals surface area contributed by atoms with Crippen LogP contribution in [0.3, 0.4) is 0 Å². The highest BCUT2D eigenvalue weighted by Crippen LogP contribution is 2.19. The molecule has 20 heavy (non-hydrogen) atoms. The maximum Gasteiger partial charge on any atom is 0.320 e. The van der Waals surface area contributed by atoms with Gasteiger partial charge in [0.15, 0.2) is 0 Å². The Labute approximate surface area is 121 Å². The van der Waals surface area contributed by atoms with Crippen molar-refractivity contribution in [1.29, 1.82) is 0 Å². The van der Waals surface area contributed by atoms with Crippen molar-refractivity contribution in [2.24, 2.45) is 0 Å². The van der Waals surface area contributed by atoms with Crippen LogP contribution in [-0.4, -0.2) is 29.6 Å². The van der Waals surface area contributed by atoms with Crippen LogP contribution in [0.5, 0.6) is 0 Å². The summed E-state index contributed by atoms with van der Waals surface area (Å²) < 4.78 is 12.9. The van der Waals surface area contributed by atoms with E-state index < -0.39 is 23.7 Å². The van der Waals surface area contributed by atoms with E-state index in [-0.39, 0.29) is 11.6 Å². The van der Waals surface area contributed by atoms with Crippen LogP contribution in [0.2, 0.25) is 5.02 Å². The first-order valence-corrected chi connectivity index (χ1v) is 6.53. The molecular weight excluding hydrogens is 287 g/mol. The van der Waals surface area contributed by atoms with Gasteiger partial charge in [0.1, 0.15) is 11.9 Å². The first-order chi connectivity index (χ1) is 9.43. The Hall–Kier alpha value is -1.66. The zero-order valence-electron chi connectivity index (χ0n) is 11.0. The van der Waals surface area contributed by atoms with Gasteiger partial charge in [0.25, 0.3) is 0 Å². The molecular formula is C13H16ClFN2O3. The van der Waals surface area contributed by atoms with Gasteiger partial charge in [-0.15, -0.1) is 0 Å². The van der Waals surface area contributed by atoms with E-state index in [9.17, 15) is 14.0 Å². The number of carbonyl (C=O) groups excluding carboxylic acids is 1. The lowest BCUT2D eigenvalue weighted by Crippen LogP contribution is -2.41. The zero-order valence-corrected chi connectivity index (χ0v) is 11.7. The molecule has 1 unspecified atom stereocenters. The van der Waals surface area contributed by atoms with E-state index in [1.165, 1.54) is 12.1 Å². The number of anilines is 1. The van der Waals surface area contributed by atoms with Gasteiger partial charge in [-0.05, 0) is 24.6 Å². The molecule has 0 fully saturated rings. The minimum atomic E-state index is -0.996. The van der Waals surface area contributed by atoms with E-state index in [1.54, 1.807) is 0 Å². The summed E-state index contributed by atoms with van der Waals surface area (Å²) in [6.45, 7) is 1.71. The lowest BCUT2D eigenvalue weighted by Gasteiger charge is -2.13. The highest BCUT2D eigenvalue weighted by atomic mass is 35.5. The van der Waals surface area contributed by atoms with Crippen molar-refractivity contribution in [1.82, 2.24) is 5.32 Å². The van der Waals surface area contributed by atoms with Gasteiger partial charge < -0.3 is 10.4 Å². The highest BCUT2D eigenvalue weighted by Gasteiger charge is 2.16. The third kappa shape index (κ3) is 5.14. The van der Waals surface area contributed by atoms with Crippen molar-refractivity contribution in [3.8, 4) is 0 Å². The van der Waals surface area contributed by atoms with Crippen LogP contribution in [0.15, 0.2) is 18.2 Å². The maximum atomic E-state index is 12.9. The van der Waals surface area contributed by atoms with Crippen LogP contribution in [0.1, 0.15) is 19.8 Å². The number of halogens is 2. The Balaban J connectivity index is 2.50. The van der Waals surface area contributed by atoms with Gasteiger partial charge in [0.05, 0.1) is 11.6 Å². The molecule has 0 saturated heterocycles. The molecule has 1 aromatic rings. The Morgan fingerprint density at radius 3 is 2.70 bits per heavy atom. The SMILES string of the molecule is CCCC(NCC(=O)Nc1ccc(F)c(Cl)c1)C(=O)O. The summed E-state index contributed by atoms with van der Waals surface area (Å²) >= 11 is 5.59. The topological polar surface area (TPSA) is 78.4 Å². The van der Waals surface area contributed by atoms with E-state index in [2.05, 4.69) is 10.6 Å². The number of carboxylic acids is 1. The van der Waals surface area contributed by atoms with Gasteiger partial charge in [-0.2, -0.15) is 0 Å². The second-order valence-electron chi connectivity index (χ2n) is 4.24. The monoisotopic (exact) mass is 302 g/mol. The lowest BCUT2D eigenvalue weighted by molar-refractivity contribution is -0.139. The van der Waals surface area contributed by atoms with Crippen LogP contribution < -0.4 is 10.6 Å². The maximum absolute atomic E-state index is 12.9. The average molecular weight is 303 g/mol. The molecule has 1 atom stereocenters. The van der Waals surface area contributed by atoms with Gasteiger partial charge in [0.2, 0.25) is 5.91 Å². The van der Waals surface area contributed by atoms with Gasteiger partial charge in [-0.3, -0.25) is 14.9 Å². The molecule has 3 N–H and O–H groups in total. The fourth-order valence-corrected chi connectivity index (χ4v) is 1.78. The van der Waals surface area contributed by atoms with Crippen molar-refractivity contribution < 1.29 is 19.1 Å². The summed E-state index contributed by atoms with van der Waals surface area (Å²) in [4.78, 5) is 22.5. The van der Waals surface area contributed by atoms with E-state index in [0.717, 1.165) is 6.07 Å². The smallest absolute Gasteiger partial charge is 0.320 e. The Kier molecular flexibility index (Phi) is 6.41. The minimum Gasteiger partial charge on any atom is -0.480 e. The number of nitrogens with one attached hydrogen (secondary N) is 2. The van der Waals surface area contributed by atoms with Crippen LogP contribution in [0.25, 0.3) is 0 Å². The first-order valence-electron chi connectivity index (χ1n) is 6.15. The molecule has 0 aromatic heterocycles. The summed E-state index contributed by atoms with van der Waals surface area (Å²) in [6, 6.07) is 3.04. The lowest BCUT2D eigenvalue weighted by atomic mass is 10.2. The number of aliphatic carboxylic acids is 1. The van der Waals surface area contributed by atoms with Crippen LogP contribution in [-0.2, 0) is 9.59 Å². The molecule has 1 aromatic carbocycles. The second-order valence-corrected chi connectivity index (χ2v) is 4.64. The van der Waals surface area contributed by atoms with Gasteiger partial charge >= 0.3 is 5.97 Å². The number of amides is 1. The van der Waals surface area contributed by atoms with Gasteiger partial charge in [-0.25, -0.2) is 4.39 Å². The molecule has 1 rings (SSSR count). The second kappa shape index (κ2) is 7.81. The van der Waals surface area contributed by atoms with Crippen molar-refractivity contribution in [3.05, 3.63) is 29.0 Å². The third-order valence-electron chi connectivity index (χ3n) is 2.59. The van der Waals surface area contributed by atoms with Crippen LogP contribution in [0, 0.1) is 5.82 Å². The Bertz CT molecular complexity index is 497. The molecule has 0 bridgehead atoms. The van der Waals surface area contributed by atoms with Crippen molar-refractivity contribution >= 4 is 29.2 Å². The van der Waals surface area contributed by atoms with Crippen LogP contribution >= 0.6 is 11.6 Å². The highest BCUT2D eigenvalue weighted by molar-refractivity contribution is 6.31. The van der Waals surface area contributed by atoms with Crippen molar-refractivity contribution in [2.45, 2.75) is 25.8 Å². The molecule has 110 valence electrons. The summed E-state index contributed by atoms with van der Waals surface area (Å²) in [6.07, 6.45) is 1.13. The fraction of sp³-hybridized carbons (Fsp3) is 0.385. The number of hydrogen-bond acceptors (Lipinski definition) is 3. The fourth-order valence-electron chi connectivity index (χ4n) is 1.60. The van der Waals surface area contributed by atoms with Gasteiger partial charge in [-0.1, -0.05) is 24.9 Å². The summed E-state index contributed by atoms with van der Waals surface area (Å²) in [5.41, 5.74) is 0.352. The Morgan fingerprint density at radius 1 is 1.45 bits per heavy atom. The quantitative estimate of drug-likeness (QED) is 0.722. The molecule has 0 spiro atoms. The number of benzene rings is 1. The van der Waals surface area contributed by atoms with E-state index in [1.807, 2.05) is 6.92 Å². The van der Waals surface area contributed by atoms with Crippen molar-refractivity contribution in [3.63, 3.8) is 0 Å². The molecule has 1 amide bonds. The predicted molar refractivity (Wildman–Crippen MR) is 74.4 cm³/mol. The number of rotatable bonds is 7. The van der Waals surface area contributed by atoms with E-state index >= 15 is 0 Å². The largest absolute Gasteiger partial charge is 0.480 e. The minimum absolute atomic E-state index is 0.0924. The first kappa shape index (κ1) is 16.4. The van der Waals surface area contributed by atoms with E-state index in [0.29, 0.717) is 18.5 Å². The summed E-state index contributed by atoms with van der Waals surface area (Å²) in [7, 11) is 0. The number of carboxylic acid groups (broad SMARTS) is 1. The molecule has 0 aliphatic carbocycles. The molecule has 0 aliphatic rings.